The number of hydrogen-bond acceptors (Lipinski definition) is 2. The molecule has 0 unspecified atom stereocenters. The lowest BCUT2D eigenvalue weighted by Crippen LogP contribution is -2.27. The van der Waals surface area contributed by atoms with Gasteiger partial charge in [-0.2, -0.15) is 0 Å². The average molecular weight is 281 g/mol. The number of amides is 1. The maximum Gasteiger partial charge on any atom is 0.248 e. The second-order valence-corrected chi connectivity index (χ2v) is 4.95. The van der Waals surface area contributed by atoms with Crippen molar-refractivity contribution in [1.82, 2.24) is 0 Å². The number of rotatable bonds is 1. The number of likely N-dealkylation sites (N-methyl/N-ethyl adjacent to an activating group) is 1. The van der Waals surface area contributed by atoms with E-state index in [1.54, 1.807) is 30.1 Å². The molecule has 0 saturated heterocycles. The summed E-state index contributed by atoms with van der Waals surface area (Å²) in [6, 6.07) is 11.9. The normalized spacial score (nSPS) is 14.5. The van der Waals surface area contributed by atoms with Crippen LogP contribution in [0.4, 0.5) is 10.1 Å². The largest absolute Gasteiger partial charge is 0.313 e. The number of halogens is 1. The summed E-state index contributed by atoms with van der Waals surface area (Å²) in [5, 5.41) is 0. The maximum absolute atomic E-state index is 14.1. The topological polar surface area (TPSA) is 32.7 Å². The summed E-state index contributed by atoms with van der Waals surface area (Å²) in [5.74, 6) is -0.479. The van der Waals surface area contributed by atoms with E-state index < -0.39 is 0 Å². The van der Waals surface area contributed by atoms with Gasteiger partial charge in [0.2, 0.25) is 5.91 Å². The Morgan fingerprint density at radius 1 is 1.19 bits per heavy atom. The Bertz CT molecular complexity index is 752. The molecule has 0 N–H and O–H groups in total. The molecule has 0 saturated carbocycles. The van der Waals surface area contributed by atoms with Crippen molar-refractivity contribution < 1.29 is 9.18 Å². The van der Waals surface area contributed by atoms with Gasteiger partial charge in [0.15, 0.2) is 0 Å². The van der Waals surface area contributed by atoms with Crippen LogP contribution in [-0.4, -0.2) is 25.2 Å². The van der Waals surface area contributed by atoms with Crippen LogP contribution in [-0.2, 0) is 4.79 Å². The lowest BCUT2D eigenvalue weighted by atomic mass is 9.98. The Kier molecular flexibility index (Phi) is 3.29. The molecule has 1 radical (unpaired) electrons. The number of fused-ring (bicyclic) bond motifs is 1. The predicted octanol–water partition coefficient (Wildman–Crippen LogP) is 2.82. The van der Waals surface area contributed by atoms with Crippen molar-refractivity contribution in [1.29, 1.82) is 0 Å². The van der Waals surface area contributed by atoms with Crippen LogP contribution in [0, 0.1) is 12.7 Å². The zero-order valence-electron chi connectivity index (χ0n) is 11.6. The van der Waals surface area contributed by atoms with Crippen molar-refractivity contribution in [2.24, 2.45) is 4.99 Å². The van der Waals surface area contributed by atoms with Crippen LogP contribution < -0.4 is 4.90 Å². The molecule has 0 bridgehead atoms. The number of nitrogens with zero attached hydrogens (tertiary/aromatic N) is 2. The summed E-state index contributed by atoms with van der Waals surface area (Å²) in [4.78, 5) is 17.9. The van der Waals surface area contributed by atoms with Gasteiger partial charge < -0.3 is 4.90 Å². The molecule has 0 atom stereocenters. The number of carbonyl (C=O) groups excluding carboxylic acids is 1. The lowest BCUT2D eigenvalue weighted by molar-refractivity contribution is -0.116. The van der Waals surface area contributed by atoms with Crippen LogP contribution in [0.3, 0.4) is 0 Å². The van der Waals surface area contributed by atoms with Crippen molar-refractivity contribution in [3.8, 4) is 0 Å². The van der Waals surface area contributed by atoms with Crippen LogP contribution in [0.5, 0.6) is 0 Å². The molecule has 0 aliphatic carbocycles. The van der Waals surface area contributed by atoms with E-state index >= 15 is 0 Å². The highest BCUT2D eigenvalue weighted by Crippen LogP contribution is 2.27. The number of anilines is 1. The Morgan fingerprint density at radius 3 is 2.71 bits per heavy atom. The summed E-state index contributed by atoms with van der Waals surface area (Å²) in [5.41, 5.74) is 3.12. The van der Waals surface area contributed by atoms with Gasteiger partial charge in [0.1, 0.15) is 12.4 Å². The number of carbonyl (C=O) groups is 1. The third kappa shape index (κ3) is 2.33. The third-order valence-electron chi connectivity index (χ3n) is 3.55. The first-order valence-corrected chi connectivity index (χ1v) is 6.60. The highest BCUT2D eigenvalue weighted by atomic mass is 19.1. The number of hydrogen-bond donors (Lipinski definition) is 0. The quantitative estimate of drug-likeness (QED) is 0.791. The number of benzene rings is 2. The molecule has 2 aromatic rings. The van der Waals surface area contributed by atoms with Gasteiger partial charge in [-0.05, 0) is 36.8 Å². The molecule has 4 heteroatoms. The van der Waals surface area contributed by atoms with E-state index in [2.05, 4.69) is 11.9 Å². The van der Waals surface area contributed by atoms with Gasteiger partial charge >= 0.3 is 0 Å². The number of benzodiazepines with no additional fused rings is 1. The monoisotopic (exact) mass is 281 g/mol. The molecule has 1 aliphatic heterocycles. The zero-order chi connectivity index (χ0) is 15.0. The fourth-order valence-electron chi connectivity index (χ4n) is 2.42. The van der Waals surface area contributed by atoms with Gasteiger partial charge in [0.25, 0.3) is 0 Å². The second-order valence-electron chi connectivity index (χ2n) is 4.95. The van der Waals surface area contributed by atoms with Gasteiger partial charge in [-0.15, -0.1) is 0 Å². The maximum atomic E-state index is 14.1. The van der Waals surface area contributed by atoms with Crippen LogP contribution in [0.2, 0.25) is 0 Å². The van der Waals surface area contributed by atoms with Gasteiger partial charge in [0, 0.05) is 18.2 Å². The molecule has 1 amide bonds. The summed E-state index contributed by atoms with van der Waals surface area (Å²) in [7, 11) is 1.70. The minimum absolute atomic E-state index is 0.00131. The SMILES string of the molecule is [CH2]c1ccc2c(c1)C(c1ccccc1F)=NCC(=O)N2C. The smallest absolute Gasteiger partial charge is 0.248 e. The first kappa shape index (κ1) is 13.5. The molecule has 0 spiro atoms. The van der Waals surface area contributed by atoms with E-state index in [1.165, 1.54) is 6.07 Å². The highest BCUT2D eigenvalue weighted by molar-refractivity contribution is 6.19. The van der Waals surface area contributed by atoms with Crippen LogP contribution >= 0.6 is 0 Å². The molecular weight excluding hydrogens is 267 g/mol. The summed E-state index contributed by atoms with van der Waals surface area (Å²) >= 11 is 0. The van der Waals surface area contributed by atoms with Crippen LogP contribution in [0.25, 0.3) is 0 Å². The van der Waals surface area contributed by atoms with E-state index in [0.29, 0.717) is 17.0 Å². The molecule has 3 rings (SSSR count). The van der Waals surface area contributed by atoms with Crippen molar-refractivity contribution in [3.63, 3.8) is 0 Å². The molecule has 2 aromatic carbocycles. The average Bonchev–Trinajstić information content (AvgIpc) is 2.59. The van der Waals surface area contributed by atoms with Crippen molar-refractivity contribution in [2.45, 2.75) is 0 Å². The fraction of sp³-hybridized carbons (Fsp3) is 0.118. The minimum atomic E-state index is -0.353. The minimum Gasteiger partial charge on any atom is -0.313 e. The molecular formula is C17H14FN2O. The predicted molar refractivity (Wildman–Crippen MR) is 81.2 cm³/mol. The Labute approximate surface area is 122 Å². The highest BCUT2D eigenvalue weighted by Gasteiger charge is 2.23. The standard InChI is InChI=1S/C17H14FN2O/c1-11-7-8-15-13(9-11)17(19-10-16(21)20(15)2)12-5-3-4-6-14(12)18/h3-9H,1,10H2,2H3. The Balaban J connectivity index is 2.26. The number of aliphatic imine (C=N–C) groups is 1. The van der Waals surface area contributed by atoms with E-state index in [4.69, 9.17) is 0 Å². The summed E-state index contributed by atoms with van der Waals surface area (Å²) < 4.78 is 14.1. The van der Waals surface area contributed by atoms with Crippen molar-refractivity contribution in [2.75, 3.05) is 18.5 Å². The molecule has 1 aliphatic rings. The lowest BCUT2D eigenvalue weighted by Gasteiger charge is -2.18. The molecule has 3 nitrogen and oxygen atoms in total. The van der Waals surface area contributed by atoms with Gasteiger partial charge in [-0.1, -0.05) is 18.2 Å². The molecule has 21 heavy (non-hydrogen) atoms. The van der Waals surface area contributed by atoms with Crippen LogP contribution in [0.15, 0.2) is 47.5 Å². The van der Waals surface area contributed by atoms with Crippen molar-refractivity contribution >= 4 is 17.3 Å². The van der Waals surface area contributed by atoms with E-state index in [9.17, 15) is 9.18 Å². The van der Waals surface area contributed by atoms with E-state index in [1.807, 2.05) is 18.2 Å². The van der Waals surface area contributed by atoms with Gasteiger partial charge in [-0.3, -0.25) is 9.79 Å². The fourth-order valence-corrected chi connectivity index (χ4v) is 2.42. The first-order valence-electron chi connectivity index (χ1n) is 6.60. The van der Waals surface area contributed by atoms with E-state index in [0.717, 1.165) is 11.1 Å². The molecule has 0 fully saturated rings. The molecule has 0 aromatic heterocycles. The second kappa shape index (κ2) is 5.13. The first-order chi connectivity index (χ1) is 10.1. The third-order valence-corrected chi connectivity index (χ3v) is 3.55. The Morgan fingerprint density at radius 2 is 1.95 bits per heavy atom. The Hall–Kier alpha value is -2.49. The summed E-state index contributed by atoms with van der Waals surface area (Å²) in [6.07, 6.45) is 0. The summed E-state index contributed by atoms with van der Waals surface area (Å²) in [6.45, 7) is 3.90. The molecule has 105 valence electrons. The van der Waals surface area contributed by atoms with Gasteiger partial charge in [-0.25, -0.2) is 4.39 Å². The van der Waals surface area contributed by atoms with Gasteiger partial charge in [0.05, 0.1) is 11.4 Å². The zero-order valence-corrected chi connectivity index (χ0v) is 11.6. The van der Waals surface area contributed by atoms with Crippen molar-refractivity contribution in [3.05, 3.63) is 71.9 Å². The molecule has 1 heterocycles. The van der Waals surface area contributed by atoms with E-state index in [-0.39, 0.29) is 18.3 Å². The van der Waals surface area contributed by atoms with Crippen LogP contribution in [0.1, 0.15) is 16.7 Å².